The van der Waals surface area contributed by atoms with Crippen molar-refractivity contribution >= 4 is 17.2 Å². The van der Waals surface area contributed by atoms with E-state index in [0.29, 0.717) is 6.54 Å². The van der Waals surface area contributed by atoms with Gasteiger partial charge < -0.3 is 11.1 Å². The smallest absolute Gasteiger partial charge is 0.261 e. The fourth-order valence-electron chi connectivity index (χ4n) is 2.59. The van der Waals surface area contributed by atoms with E-state index in [1.54, 1.807) is 11.3 Å². The van der Waals surface area contributed by atoms with Crippen LogP contribution in [-0.4, -0.2) is 18.0 Å². The first-order chi connectivity index (χ1) is 8.16. The van der Waals surface area contributed by atoms with Crippen LogP contribution in [0.1, 0.15) is 45.8 Å². The number of hydrogen-bond donors (Lipinski definition) is 2. The number of hydrogen-bond acceptors (Lipinski definition) is 3. The molecular formula is C13H18N2OS. The second-order valence-electron chi connectivity index (χ2n) is 5.31. The van der Waals surface area contributed by atoms with E-state index in [1.807, 2.05) is 0 Å². The number of amides is 1. The molecule has 0 spiro atoms. The van der Waals surface area contributed by atoms with Gasteiger partial charge in [-0.3, -0.25) is 4.79 Å². The SMILES string of the molecule is NC1(CNC(=O)c2cc3c(s2)CCC3)CCC1. The second kappa shape index (κ2) is 4.10. The summed E-state index contributed by atoms with van der Waals surface area (Å²) in [5.41, 5.74) is 7.34. The summed E-state index contributed by atoms with van der Waals surface area (Å²) in [5, 5.41) is 2.98. The van der Waals surface area contributed by atoms with Crippen LogP contribution < -0.4 is 11.1 Å². The molecule has 0 unspecified atom stereocenters. The molecule has 1 aromatic heterocycles. The Hall–Kier alpha value is -0.870. The van der Waals surface area contributed by atoms with Crippen molar-refractivity contribution < 1.29 is 4.79 Å². The van der Waals surface area contributed by atoms with Crippen LogP contribution in [-0.2, 0) is 12.8 Å². The first-order valence-corrected chi connectivity index (χ1v) is 7.17. The number of carbonyl (C=O) groups is 1. The molecule has 0 atom stereocenters. The number of carbonyl (C=O) groups excluding carboxylic acids is 1. The van der Waals surface area contributed by atoms with Crippen molar-refractivity contribution in [3.05, 3.63) is 21.4 Å². The molecule has 1 saturated carbocycles. The van der Waals surface area contributed by atoms with Crippen molar-refractivity contribution in [1.82, 2.24) is 5.32 Å². The Balaban J connectivity index is 1.61. The Labute approximate surface area is 105 Å². The minimum Gasteiger partial charge on any atom is -0.349 e. The van der Waals surface area contributed by atoms with Crippen LogP contribution in [0.3, 0.4) is 0 Å². The molecule has 1 amide bonds. The topological polar surface area (TPSA) is 55.1 Å². The highest BCUT2D eigenvalue weighted by atomic mass is 32.1. The van der Waals surface area contributed by atoms with Gasteiger partial charge in [0.15, 0.2) is 0 Å². The number of fused-ring (bicyclic) bond motifs is 1. The molecule has 3 N–H and O–H groups in total. The van der Waals surface area contributed by atoms with E-state index in [0.717, 1.165) is 30.6 Å². The van der Waals surface area contributed by atoms with E-state index in [4.69, 9.17) is 5.73 Å². The Morgan fingerprint density at radius 3 is 2.88 bits per heavy atom. The molecule has 1 fully saturated rings. The highest BCUT2D eigenvalue weighted by Crippen LogP contribution is 2.31. The molecule has 0 bridgehead atoms. The zero-order valence-electron chi connectivity index (χ0n) is 9.92. The first-order valence-electron chi connectivity index (χ1n) is 6.35. The average Bonchev–Trinajstić information content (AvgIpc) is 2.82. The molecule has 92 valence electrons. The van der Waals surface area contributed by atoms with Crippen molar-refractivity contribution in [1.29, 1.82) is 0 Å². The summed E-state index contributed by atoms with van der Waals surface area (Å²) in [6, 6.07) is 2.06. The molecule has 0 aromatic carbocycles. The lowest BCUT2D eigenvalue weighted by atomic mass is 9.78. The minimum absolute atomic E-state index is 0.0566. The van der Waals surface area contributed by atoms with Gasteiger partial charge in [0, 0.05) is 17.0 Å². The van der Waals surface area contributed by atoms with E-state index in [1.165, 1.54) is 23.3 Å². The number of thiophene rings is 1. The highest BCUT2D eigenvalue weighted by molar-refractivity contribution is 7.14. The van der Waals surface area contributed by atoms with Crippen molar-refractivity contribution in [2.24, 2.45) is 5.73 Å². The Morgan fingerprint density at radius 2 is 2.24 bits per heavy atom. The molecule has 0 aliphatic heterocycles. The van der Waals surface area contributed by atoms with Crippen molar-refractivity contribution in [2.45, 2.75) is 44.1 Å². The van der Waals surface area contributed by atoms with Gasteiger partial charge in [0.25, 0.3) is 5.91 Å². The summed E-state index contributed by atoms with van der Waals surface area (Å²) >= 11 is 1.65. The molecule has 2 aliphatic rings. The van der Waals surface area contributed by atoms with Crippen molar-refractivity contribution in [2.75, 3.05) is 6.54 Å². The Bertz CT molecular complexity index is 427. The third-order valence-corrected chi connectivity index (χ3v) is 5.16. The number of aryl methyl sites for hydroxylation is 2. The van der Waals surface area contributed by atoms with Gasteiger partial charge in [-0.05, 0) is 50.2 Å². The van der Waals surface area contributed by atoms with Crippen LogP contribution in [0, 0.1) is 0 Å². The summed E-state index contributed by atoms with van der Waals surface area (Å²) in [7, 11) is 0. The highest BCUT2D eigenvalue weighted by Gasteiger charge is 2.32. The largest absolute Gasteiger partial charge is 0.349 e. The van der Waals surface area contributed by atoms with Crippen LogP contribution in [0.25, 0.3) is 0 Å². The van der Waals surface area contributed by atoms with E-state index in [9.17, 15) is 4.79 Å². The summed E-state index contributed by atoms with van der Waals surface area (Å²) in [4.78, 5) is 14.2. The van der Waals surface area contributed by atoms with Gasteiger partial charge in [-0.15, -0.1) is 11.3 Å². The van der Waals surface area contributed by atoms with Gasteiger partial charge >= 0.3 is 0 Å². The number of nitrogens with two attached hydrogens (primary N) is 1. The molecule has 1 aromatic rings. The predicted molar refractivity (Wildman–Crippen MR) is 69.4 cm³/mol. The third kappa shape index (κ3) is 2.11. The average molecular weight is 250 g/mol. The maximum Gasteiger partial charge on any atom is 0.261 e. The lowest BCUT2D eigenvalue weighted by Gasteiger charge is -2.38. The third-order valence-electron chi connectivity index (χ3n) is 3.92. The maximum absolute atomic E-state index is 12.0. The van der Waals surface area contributed by atoms with Crippen LogP contribution in [0.15, 0.2) is 6.07 Å². The lowest BCUT2D eigenvalue weighted by molar-refractivity contribution is 0.0934. The van der Waals surface area contributed by atoms with Gasteiger partial charge in [0.05, 0.1) is 4.88 Å². The van der Waals surface area contributed by atoms with E-state index in [-0.39, 0.29) is 11.4 Å². The van der Waals surface area contributed by atoms with Crippen LogP contribution in [0.2, 0.25) is 0 Å². The van der Waals surface area contributed by atoms with Gasteiger partial charge in [0.2, 0.25) is 0 Å². The standard InChI is InChI=1S/C13H18N2OS/c14-13(5-2-6-13)8-15-12(16)11-7-9-3-1-4-10(9)17-11/h7H,1-6,8,14H2,(H,15,16). The summed E-state index contributed by atoms with van der Waals surface area (Å²) in [5.74, 6) is 0.0566. The second-order valence-corrected chi connectivity index (χ2v) is 6.45. The first kappa shape index (κ1) is 11.2. The monoisotopic (exact) mass is 250 g/mol. The normalized spacial score (nSPS) is 20.8. The van der Waals surface area contributed by atoms with Gasteiger partial charge in [-0.1, -0.05) is 0 Å². The van der Waals surface area contributed by atoms with Crippen LogP contribution in [0.5, 0.6) is 0 Å². The molecule has 3 nitrogen and oxygen atoms in total. The van der Waals surface area contributed by atoms with E-state index < -0.39 is 0 Å². The minimum atomic E-state index is -0.129. The molecule has 0 saturated heterocycles. The summed E-state index contributed by atoms with van der Waals surface area (Å²) < 4.78 is 0. The molecule has 0 radical (unpaired) electrons. The van der Waals surface area contributed by atoms with E-state index >= 15 is 0 Å². The maximum atomic E-state index is 12.0. The molecular weight excluding hydrogens is 232 g/mol. The number of rotatable bonds is 3. The lowest BCUT2D eigenvalue weighted by Crippen LogP contribution is -2.54. The van der Waals surface area contributed by atoms with Crippen LogP contribution >= 0.6 is 11.3 Å². The van der Waals surface area contributed by atoms with Crippen LogP contribution in [0.4, 0.5) is 0 Å². The van der Waals surface area contributed by atoms with Crippen molar-refractivity contribution in [3.63, 3.8) is 0 Å². The zero-order valence-corrected chi connectivity index (χ0v) is 10.7. The molecule has 3 rings (SSSR count). The summed E-state index contributed by atoms with van der Waals surface area (Å²) in [6.45, 7) is 0.619. The molecule has 17 heavy (non-hydrogen) atoms. The van der Waals surface area contributed by atoms with Gasteiger partial charge in [0.1, 0.15) is 0 Å². The van der Waals surface area contributed by atoms with Gasteiger partial charge in [-0.2, -0.15) is 0 Å². The zero-order chi connectivity index (χ0) is 11.9. The number of nitrogens with one attached hydrogen (secondary N) is 1. The van der Waals surface area contributed by atoms with E-state index in [2.05, 4.69) is 11.4 Å². The molecule has 4 heteroatoms. The Kier molecular flexibility index (Phi) is 2.71. The Morgan fingerprint density at radius 1 is 1.41 bits per heavy atom. The quantitative estimate of drug-likeness (QED) is 0.860. The van der Waals surface area contributed by atoms with Crippen molar-refractivity contribution in [3.8, 4) is 0 Å². The fourth-order valence-corrected chi connectivity index (χ4v) is 3.76. The summed E-state index contributed by atoms with van der Waals surface area (Å²) in [6.07, 6.45) is 6.80. The predicted octanol–water partition coefficient (Wildman–Crippen LogP) is 1.85. The van der Waals surface area contributed by atoms with Gasteiger partial charge in [-0.25, -0.2) is 0 Å². The fraction of sp³-hybridized carbons (Fsp3) is 0.615. The molecule has 2 aliphatic carbocycles. The molecule has 1 heterocycles.